The highest BCUT2D eigenvalue weighted by Gasteiger charge is 2.46. The third-order valence-corrected chi connectivity index (χ3v) is 5.01. The summed E-state index contributed by atoms with van der Waals surface area (Å²) in [5, 5.41) is 0. The summed E-state index contributed by atoms with van der Waals surface area (Å²) in [6.45, 7) is 7.45. The maximum absolute atomic E-state index is 12.2. The molecule has 0 saturated carbocycles. The first kappa shape index (κ1) is 16.9. The first-order chi connectivity index (χ1) is 8.00. The normalized spacial score (nSPS) is 12.4. The Morgan fingerprint density at radius 3 is 2.06 bits per heavy atom. The molecule has 18 heavy (non-hydrogen) atoms. The van der Waals surface area contributed by atoms with E-state index in [4.69, 9.17) is 0 Å². The van der Waals surface area contributed by atoms with Gasteiger partial charge in [0.1, 0.15) is 4.75 Å². The van der Waals surface area contributed by atoms with Gasteiger partial charge in [-0.2, -0.15) is 0 Å². The smallest absolute Gasteiger partial charge is 0.423 e. The summed E-state index contributed by atoms with van der Waals surface area (Å²) in [5.41, 5.74) is 0. The van der Waals surface area contributed by atoms with Crippen molar-refractivity contribution in [1.82, 2.24) is 4.31 Å². The van der Waals surface area contributed by atoms with Gasteiger partial charge in [-0.3, -0.25) is 4.79 Å². The monoisotopic (exact) mass is 279 g/mol. The van der Waals surface area contributed by atoms with Gasteiger partial charge in [-0.1, -0.05) is 13.8 Å². The van der Waals surface area contributed by atoms with E-state index in [1.165, 1.54) is 13.8 Å². The van der Waals surface area contributed by atoms with Gasteiger partial charge in [0.05, 0.1) is 6.61 Å². The quantitative estimate of drug-likeness (QED) is 0.760. The molecule has 0 fully saturated rings. The lowest BCUT2D eigenvalue weighted by Gasteiger charge is -2.29. The van der Waals surface area contributed by atoms with Crippen molar-refractivity contribution >= 4 is 21.9 Å². The van der Waals surface area contributed by atoms with Crippen molar-refractivity contribution in [2.75, 3.05) is 13.7 Å². The summed E-state index contributed by atoms with van der Waals surface area (Å²) in [5.74, 6) is -0.885. The third-order valence-electron chi connectivity index (χ3n) is 2.65. The Balaban J connectivity index is 5.38. The number of carbonyl (C=O) groups excluding carboxylic acids is 2. The number of ketones is 1. The van der Waals surface area contributed by atoms with Crippen LogP contribution in [-0.2, 0) is 19.6 Å². The lowest BCUT2D eigenvalue weighted by molar-refractivity contribution is -0.123. The van der Waals surface area contributed by atoms with Crippen LogP contribution in [0.1, 0.15) is 34.6 Å². The molecule has 1 amide bonds. The maximum Gasteiger partial charge on any atom is 0.423 e. The van der Waals surface area contributed by atoms with Crippen molar-refractivity contribution in [3.63, 3.8) is 0 Å². The van der Waals surface area contributed by atoms with Crippen LogP contribution < -0.4 is 0 Å². The third kappa shape index (κ3) is 3.01. The summed E-state index contributed by atoms with van der Waals surface area (Å²) >= 11 is 0. The van der Waals surface area contributed by atoms with Crippen molar-refractivity contribution in [2.45, 2.75) is 39.4 Å². The molecule has 0 saturated heterocycles. The van der Waals surface area contributed by atoms with E-state index in [0.717, 1.165) is 7.05 Å². The van der Waals surface area contributed by atoms with Crippen LogP contribution in [0.2, 0.25) is 0 Å². The van der Waals surface area contributed by atoms with Crippen molar-refractivity contribution in [2.24, 2.45) is 5.92 Å². The molecule has 0 atom stereocenters. The largest absolute Gasteiger partial charge is 0.449 e. The van der Waals surface area contributed by atoms with E-state index in [-0.39, 0.29) is 6.61 Å². The number of sulfonamides is 1. The van der Waals surface area contributed by atoms with Crippen molar-refractivity contribution in [3.05, 3.63) is 0 Å². The molecule has 0 spiro atoms. The lowest BCUT2D eigenvalue weighted by Crippen LogP contribution is -2.51. The molecule has 7 heteroatoms. The summed E-state index contributed by atoms with van der Waals surface area (Å²) in [4.78, 5) is 23.4. The fourth-order valence-corrected chi connectivity index (χ4v) is 2.90. The molecule has 0 aliphatic rings. The van der Waals surface area contributed by atoms with Crippen LogP contribution in [0, 0.1) is 5.92 Å². The van der Waals surface area contributed by atoms with Crippen LogP contribution in [0.5, 0.6) is 0 Å². The minimum absolute atomic E-state index is 0.0667. The summed E-state index contributed by atoms with van der Waals surface area (Å²) in [7, 11) is -3.01. The van der Waals surface area contributed by atoms with E-state index >= 15 is 0 Å². The van der Waals surface area contributed by atoms with Gasteiger partial charge in [0.2, 0.25) is 0 Å². The Morgan fingerprint density at radius 2 is 1.72 bits per heavy atom. The van der Waals surface area contributed by atoms with Crippen LogP contribution in [0.4, 0.5) is 4.79 Å². The topological polar surface area (TPSA) is 80.8 Å². The van der Waals surface area contributed by atoms with Gasteiger partial charge in [0, 0.05) is 13.0 Å². The van der Waals surface area contributed by atoms with Crippen LogP contribution >= 0.6 is 0 Å². The Kier molecular flexibility index (Phi) is 5.34. The van der Waals surface area contributed by atoms with Gasteiger partial charge in [-0.25, -0.2) is 17.5 Å². The first-order valence-corrected chi connectivity index (χ1v) is 7.13. The molecule has 0 bridgehead atoms. The Morgan fingerprint density at radius 1 is 1.28 bits per heavy atom. The number of Topliss-reactive ketones (excluding diaryl/α,β-unsaturated/α-hetero) is 1. The van der Waals surface area contributed by atoms with Crippen molar-refractivity contribution in [3.8, 4) is 0 Å². The van der Waals surface area contributed by atoms with Crippen LogP contribution in [0.25, 0.3) is 0 Å². The Hall–Kier alpha value is -1.11. The molecule has 0 aliphatic heterocycles. The van der Waals surface area contributed by atoms with Gasteiger partial charge in [0.15, 0.2) is 5.78 Å². The molecule has 0 radical (unpaired) electrons. The number of amides is 1. The number of nitrogens with zero attached hydrogens (tertiary/aromatic N) is 1. The number of rotatable bonds is 5. The highest BCUT2D eigenvalue weighted by atomic mass is 32.2. The zero-order valence-corrected chi connectivity index (χ0v) is 12.5. The molecule has 6 nitrogen and oxygen atoms in total. The van der Waals surface area contributed by atoms with Gasteiger partial charge < -0.3 is 4.74 Å². The number of hydrogen-bond acceptors (Lipinski definition) is 5. The van der Waals surface area contributed by atoms with Crippen molar-refractivity contribution < 1.29 is 22.7 Å². The highest BCUT2D eigenvalue weighted by Crippen LogP contribution is 2.25. The van der Waals surface area contributed by atoms with Gasteiger partial charge in [-0.15, -0.1) is 0 Å². The van der Waals surface area contributed by atoms with Gasteiger partial charge in [0.25, 0.3) is 10.0 Å². The zero-order valence-electron chi connectivity index (χ0n) is 11.7. The van der Waals surface area contributed by atoms with E-state index < -0.39 is 32.6 Å². The number of carbonyl (C=O) groups is 2. The minimum Gasteiger partial charge on any atom is -0.449 e. The molecule has 0 aromatic heterocycles. The number of ether oxygens (including phenoxy) is 1. The standard InChI is InChI=1S/C11H21NO5S/c1-7-17-10(14)12(6)18(15,16)11(4,5)9(13)8(2)3/h8H,7H2,1-6H3. The second-order valence-electron chi connectivity index (χ2n) is 4.70. The SMILES string of the molecule is CCOC(=O)N(C)S(=O)(=O)C(C)(C)C(=O)C(C)C. The summed E-state index contributed by atoms with van der Waals surface area (Å²) in [6.07, 6.45) is -0.984. The molecule has 0 heterocycles. The minimum atomic E-state index is -4.09. The molecule has 0 aromatic rings. The van der Waals surface area contributed by atoms with Gasteiger partial charge in [-0.05, 0) is 20.8 Å². The first-order valence-electron chi connectivity index (χ1n) is 5.69. The molecule has 0 unspecified atom stereocenters. The highest BCUT2D eigenvalue weighted by molar-refractivity contribution is 7.91. The fraction of sp³-hybridized carbons (Fsp3) is 0.818. The molecule has 106 valence electrons. The molecule has 0 N–H and O–H groups in total. The second-order valence-corrected chi connectivity index (χ2v) is 7.22. The molecule has 0 aromatic carbocycles. The summed E-state index contributed by atoms with van der Waals surface area (Å²) in [6, 6.07) is 0. The maximum atomic E-state index is 12.2. The van der Waals surface area contributed by atoms with Gasteiger partial charge >= 0.3 is 6.09 Å². The molecular weight excluding hydrogens is 258 g/mol. The molecule has 0 rings (SSSR count). The van der Waals surface area contributed by atoms with E-state index in [1.807, 2.05) is 0 Å². The predicted octanol–water partition coefficient (Wildman–Crippen LogP) is 1.41. The fourth-order valence-electron chi connectivity index (χ4n) is 1.48. The lowest BCUT2D eigenvalue weighted by atomic mass is 9.98. The van der Waals surface area contributed by atoms with E-state index in [1.54, 1.807) is 20.8 Å². The zero-order chi connectivity index (χ0) is 14.7. The Labute approximate surface area is 108 Å². The van der Waals surface area contributed by atoms with Crippen LogP contribution in [0.3, 0.4) is 0 Å². The summed E-state index contributed by atoms with van der Waals surface area (Å²) < 4.78 is 27.9. The predicted molar refractivity (Wildman–Crippen MR) is 67.6 cm³/mol. The van der Waals surface area contributed by atoms with E-state index in [2.05, 4.69) is 4.74 Å². The molecular formula is C11H21NO5S. The van der Waals surface area contributed by atoms with Crippen molar-refractivity contribution in [1.29, 1.82) is 0 Å². The van der Waals surface area contributed by atoms with E-state index in [0.29, 0.717) is 4.31 Å². The van der Waals surface area contributed by atoms with E-state index in [9.17, 15) is 18.0 Å². The van der Waals surface area contributed by atoms with Crippen LogP contribution in [-0.4, -0.2) is 43.0 Å². The van der Waals surface area contributed by atoms with Crippen LogP contribution in [0.15, 0.2) is 0 Å². The Bertz CT molecular complexity index is 425. The average molecular weight is 279 g/mol. The number of hydrogen-bond donors (Lipinski definition) is 0. The second kappa shape index (κ2) is 5.69. The average Bonchev–Trinajstić information content (AvgIpc) is 2.26. The molecule has 0 aliphatic carbocycles.